The molecule has 10 nitrogen and oxygen atoms in total. The Morgan fingerprint density at radius 1 is 1.29 bits per heavy atom. The van der Waals surface area contributed by atoms with Crippen LogP contribution in [0.1, 0.15) is 5.82 Å². The van der Waals surface area contributed by atoms with Gasteiger partial charge in [0, 0.05) is 17.5 Å². The number of anilines is 1. The molecule has 0 atom stereocenters. The molecule has 3 aromatic heterocycles. The molecule has 1 aromatic carbocycles. The second-order valence-corrected chi connectivity index (χ2v) is 5.55. The first-order valence-electron chi connectivity index (χ1n) is 6.71. The van der Waals surface area contributed by atoms with Crippen LogP contribution >= 0.6 is 11.3 Å². The molecule has 0 fully saturated rings. The van der Waals surface area contributed by atoms with Gasteiger partial charge in [-0.1, -0.05) is 11.3 Å². The second kappa shape index (κ2) is 5.86. The maximum atomic E-state index is 9.12. The van der Waals surface area contributed by atoms with Gasteiger partial charge in [0.2, 0.25) is 10.8 Å². The van der Waals surface area contributed by atoms with Crippen LogP contribution in [0.15, 0.2) is 36.8 Å². The highest BCUT2D eigenvalue weighted by Gasteiger charge is 2.08. The molecule has 0 aliphatic rings. The van der Waals surface area contributed by atoms with Gasteiger partial charge in [-0.2, -0.15) is 20.1 Å². The molecule has 0 bridgehead atoms. The van der Waals surface area contributed by atoms with E-state index in [0.29, 0.717) is 0 Å². The predicted octanol–water partition coefficient (Wildman–Crippen LogP) is 1.34. The fourth-order valence-corrected chi connectivity index (χ4v) is 2.79. The number of hydrogen-bond acceptors (Lipinski definition) is 9. The van der Waals surface area contributed by atoms with Crippen LogP contribution in [0.5, 0.6) is 0 Å². The summed E-state index contributed by atoms with van der Waals surface area (Å²) >= 11 is 1.46. The number of rotatable bonds is 4. The number of aromatic amines is 1. The lowest BCUT2D eigenvalue weighted by molar-refractivity contribution is 0.881. The van der Waals surface area contributed by atoms with Gasteiger partial charge in [0.05, 0.1) is 0 Å². The summed E-state index contributed by atoms with van der Waals surface area (Å²) in [5, 5.41) is 38.4. The number of tetrazole rings is 1. The van der Waals surface area contributed by atoms with Gasteiger partial charge in [0.25, 0.3) is 0 Å². The van der Waals surface area contributed by atoms with Crippen LogP contribution in [0, 0.1) is 11.3 Å². The summed E-state index contributed by atoms with van der Waals surface area (Å²) in [4.78, 5) is 0.744. The Kier molecular flexibility index (Phi) is 3.41. The van der Waals surface area contributed by atoms with E-state index in [1.54, 1.807) is 10.8 Å². The van der Waals surface area contributed by atoms with Gasteiger partial charge in [-0.05, 0) is 29.5 Å². The Bertz CT molecular complexity index is 1010. The first kappa shape index (κ1) is 14.0. The van der Waals surface area contributed by atoms with Crippen LogP contribution in [0.25, 0.3) is 21.1 Å². The average molecular weight is 336 g/mol. The Morgan fingerprint density at radius 2 is 2.17 bits per heavy atom. The zero-order valence-electron chi connectivity index (χ0n) is 12.0. The van der Waals surface area contributed by atoms with E-state index in [0.717, 1.165) is 21.2 Å². The zero-order valence-corrected chi connectivity index (χ0v) is 12.8. The van der Waals surface area contributed by atoms with Crippen LogP contribution in [-0.4, -0.2) is 40.4 Å². The second-order valence-electron chi connectivity index (χ2n) is 4.59. The number of allylic oxidation sites excluding steroid dienone is 1. The standard InChI is InChI=1S/C13H8N10S/c14-5-9(11-17-21-22-18-11)6-15-10-3-1-8(2-4-10)12-20-23-7-16-19-13(23)24-12/h1-4,6-7,15H,(H,17,18,21,22). The molecule has 0 radical (unpaired) electrons. The van der Waals surface area contributed by atoms with Crippen molar-refractivity contribution in [1.82, 2.24) is 40.4 Å². The predicted molar refractivity (Wildman–Crippen MR) is 85.5 cm³/mol. The largest absolute Gasteiger partial charge is 0.360 e. The van der Waals surface area contributed by atoms with Crippen LogP contribution in [0.3, 0.4) is 0 Å². The lowest BCUT2D eigenvalue weighted by Crippen LogP contribution is -1.93. The summed E-state index contributed by atoms with van der Waals surface area (Å²) in [5.41, 5.74) is 2.07. The monoisotopic (exact) mass is 336 g/mol. The minimum atomic E-state index is 0.237. The Labute approximate surface area is 138 Å². The molecule has 0 aliphatic heterocycles. The number of fused-ring (bicyclic) bond motifs is 1. The molecule has 0 aliphatic carbocycles. The zero-order chi connectivity index (χ0) is 16.4. The van der Waals surface area contributed by atoms with Gasteiger partial charge >= 0.3 is 0 Å². The van der Waals surface area contributed by atoms with Crippen molar-refractivity contribution in [2.45, 2.75) is 0 Å². The number of nitriles is 1. The third kappa shape index (κ3) is 2.57. The van der Waals surface area contributed by atoms with Gasteiger partial charge in [-0.25, -0.2) is 0 Å². The number of aromatic nitrogens is 8. The van der Waals surface area contributed by atoms with Crippen LogP contribution in [-0.2, 0) is 0 Å². The van der Waals surface area contributed by atoms with E-state index in [1.807, 2.05) is 30.3 Å². The Morgan fingerprint density at radius 3 is 2.88 bits per heavy atom. The first-order chi connectivity index (χ1) is 11.8. The van der Waals surface area contributed by atoms with Gasteiger partial charge < -0.3 is 5.32 Å². The quantitative estimate of drug-likeness (QED) is 0.533. The van der Waals surface area contributed by atoms with Crippen molar-refractivity contribution in [3.63, 3.8) is 0 Å². The molecule has 3 heterocycles. The van der Waals surface area contributed by atoms with Crippen LogP contribution in [0.2, 0.25) is 0 Å². The summed E-state index contributed by atoms with van der Waals surface area (Å²) in [5.74, 6) is 0.237. The van der Waals surface area contributed by atoms with Gasteiger partial charge in [-0.3, -0.25) is 0 Å². The fourth-order valence-electron chi connectivity index (χ4n) is 1.96. The average Bonchev–Trinajstić information content (AvgIpc) is 3.33. The Hall–Kier alpha value is -3.65. The lowest BCUT2D eigenvalue weighted by atomic mass is 10.2. The molecule has 116 valence electrons. The smallest absolute Gasteiger partial charge is 0.234 e. The summed E-state index contributed by atoms with van der Waals surface area (Å²) in [6, 6.07) is 9.66. The maximum absolute atomic E-state index is 9.12. The molecule has 0 unspecified atom stereocenters. The van der Waals surface area contributed by atoms with E-state index in [2.05, 4.69) is 41.2 Å². The molecule has 11 heteroatoms. The lowest BCUT2D eigenvalue weighted by Gasteiger charge is -2.02. The first-order valence-corrected chi connectivity index (χ1v) is 7.53. The highest BCUT2D eigenvalue weighted by molar-refractivity contribution is 7.19. The van der Waals surface area contributed by atoms with Gasteiger partial charge in [-0.15, -0.1) is 20.4 Å². The third-order valence-corrected chi connectivity index (χ3v) is 4.07. The maximum Gasteiger partial charge on any atom is 0.234 e. The summed E-state index contributed by atoms with van der Waals surface area (Å²) < 4.78 is 1.64. The molecule has 2 N–H and O–H groups in total. The molecule has 0 amide bonds. The molecular weight excluding hydrogens is 328 g/mol. The molecule has 4 aromatic rings. The van der Waals surface area contributed by atoms with E-state index in [-0.39, 0.29) is 11.4 Å². The molecule has 0 saturated heterocycles. The van der Waals surface area contributed by atoms with E-state index >= 15 is 0 Å². The van der Waals surface area contributed by atoms with Gasteiger partial charge in [0.1, 0.15) is 23.0 Å². The number of nitrogens with zero attached hydrogens (tertiary/aromatic N) is 8. The van der Waals surface area contributed by atoms with Gasteiger partial charge in [0.15, 0.2) is 0 Å². The van der Waals surface area contributed by atoms with E-state index in [9.17, 15) is 0 Å². The fraction of sp³-hybridized carbons (Fsp3) is 0. The highest BCUT2D eigenvalue weighted by Crippen LogP contribution is 2.25. The summed E-state index contributed by atoms with van der Waals surface area (Å²) in [6.07, 6.45) is 3.10. The Balaban J connectivity index is 1.53. The summed E-state index contributed by atoms with van der Waals surface area (Å²) in [6.45, 7) is 0. The van der Waals surface area contributed by atoms with E-state index in [1.165, 1.54) is 17.5 Å². The van der Waals surface area contributed by atoms with Crippen molar-refractivity contribution < 1.29 is 0 Å². The van der Waals surface area contributed by atoms with Crippen molar-refractivity contribution in [3.8, 4) is 16.6 Å². The van der Waals surface area contributed by atoms with E-state index < -0.39 is 0 Å². The normalized spacial score (nSPS) is 11.5. The molecule has 4 rings (SSSR count). The van der Waals surface area contributed by atoms with E-state index in [4.69, 9.17) is 5.26 Å². The third-order valence-electron chi connectivity index (χ3n) is 3.11. The minimum Gasteiger partial charge on any atom is -0.360 e. The van der Waals surface area contributed by atoms with Crippen LogP contribution in [0.4, 0.5) is 5.69 Å². The highest BCUT2D eigenvalue weighted by atomic mass is 32.1. The van der Waals surface area contributed by atoms with Crippen molar-refractivity contribution in [2.24, 2.45) is 0 Å². The molecule has 24 heavy (non-hydrogen) atoms. The SMILES string of the molecule is N#CC(=CNc1ccc(-c2nn3cnnc3s2)cc1)c1nn[nH]n1. The van der Waals surface area contributed by atoms with Crippen molar-refractivity contribution in [2.75, 3.05) is 5.32 Å². The molecular formula is C13H8N10S. The number of nitrogens with one attached hydrogen (secondary N) is 2. The summed E-state index contributed by atoms with van der Waals surface area (Å²) in [7, 11) is 0. The van der Waals surface area contributed by atoms with Crippen molar-refractivity contribution in [3.05, 3.63) is 42.6 Å². The van der Waals surface area contributed by atoms with Crippen molar-refractivity contribution >= 4 is 27.6 Å². The number of benzene rings is 1. The van der Waals surface area contributed by atoms with Crippen molar-refractivity contribution in [1.29, 1.82) is 5.26 Å². The minimum absolute atomic E-state index is 0.237. The topological polar surface area (TPSA) is 133 Å². The molecule has 0 spiro atoms. The number of hydrogen-bond donors (Lipinski definition) is 2. The number of H-pyrrole nitrogens is 1. The van der Waals surface area contributed by atoms with Crippen LogP contribution < -0.4 is 5.32 Å². The molecule has 0 saturated carbocycles.